The van der Waals surface area contributed by atoms with Gasteiger partial charge in [-0.25, -0.2) is 0 Å². The van der Waals surface area contributed by atoms with Crippen LogP contribution in [0.5, 0.6) is 0 Å². The first-order chi connectivity index (χ1) is 10.6. The predicted octanol–water partition coefficient (Wildman–Crippen LogP) is 1.85. The molecular weight excluding hydrogens is 300 g/mol. The van der Waals surface area contributed by atoms with Gasteiger partial charge in [-0.05, 0) is 18.9 Å². The van der Waals surface area contributed by atoms with E-state index in [1.165, 1.54) is 0 Å². The molecule has 0 radical (unpaired) electrons. The quantitative estimate of drug-likeness (QED) is 0.818. The number of amides is 1. The molecular formula is C16H20N2O3S. The number of thiazole rings is 1. The van der Waals surface area contributed by atoms with Gasteiger partial charge < -0.3 is 15.0 Å². The molecule has 2 rings (SSSR count). The van der Waals surface area contributed by atoms with E-state index in [2.05, 4.69) is 5.32 Å². The summed E-state index contributed by atoms with van der Waals surface area (Å²) in [5, 5.41) is 14.6. The van der Waals surface area contributed by atoms with Crippen LogP contribution in [0.1, 0.15) is 30.2 Å². The van der Waals surface area contributed by atoms with Crippen molar-refractivity contribution in [2.24, 2.45) is 0 Å². The topological polar surface area (TPSA) is 71.3 Å². The number of nitrogens with one attached hydrogen (secondary N) is 1. The minimum atomic E-state index is -0.580. The number of nitrogens with zero attached hydrogens (tertiary/aromatic N) is 1. The lowest BCUT2D eigenvalue weighted by Crippen LogP contribution is -2.28. The average Bonchev–Trinajstić information content (AvgIpc) is 2.84. The van der Waals surface area contributed by atoms with Gasteiger partial charge in [-0.1, -0.05) is 41.7 Å². The molecule has 22 heavy (non-hydrogen) atoms. The zero-order valence-corrected chi connectivity index (χ0v) is 13.3. The van der Waals surface area contributed by atoms with Crippen LogP contribution in [-0.2, 0) is 11.3 Å². The Balaban J connectivity index is 1.71. The molecule has 0 saturated carbocycles. The van der Waals surface area contributed by atoms with Crippen molar-refractivity contribution < 1.29 is 9.90 Å². The molecule has 118 valence electrons. The normalized spacial score (nSPS) is 12.1. The smallest absolute Gasteiger partial charge is 0.307 e. The van der Waals surface area contributed by atoms with Crippen LogP contribution in [0.2, 0.25) is 0 Å². The predicted molar refractivity (Wildman–Crippen MR) is 87.0 cm³/mol. The fraction of sp³-hybridized carbons (Fsp3) is 0.375. The van der Waals surface area contributed by atoms with Gasteiger partial charge in [0, 0.05) is 30.6 Å². The van der Waals surface area contributed by atoms with Crippen LogP contribution < -0.4 is 10.2 Å². The lowest BCUT2D eigenvalue weighted by atomic mass is 10.1. The molecule has 0 bridgehead atoms. The van der Waals surface area contributed by atoms with Gasteiger partial charge in [-0.3, -0.25) is 9.59 Å². The van der Waals surface area contributed by atoms with Crippen LogP contribution in [0.3, 0.4) is 0 Å². The van der Waals surface area contributed by atoms with Gasteiger partial charge in [-0.2, -0.15) is 0 Å². The van der Waals surface area contributed by atoms with E-state index in [-0.39, 0.29) is 17.2 Å². The van der Waals surface area contributed by atoms with E-state index in [1.807, 2.05) is 37.3 Å². The van der Waals surface area contributed by atoms with Crippen molar-refractivity contribution in [2.75, 3.05) is 6.54 Å². The Morgan fingerprint density at radius 3 is 2.73 bits per heavy atom. The summed E-state index contributed by atoms with van der Waals surface area (Å²) in [6.07, 6.45) is 0.148. The molecule has 0 saturated heterocycles. The Morgan fingerprint density at radius 2 is 2.09 bits per heavy atom. The first-order valence-electron chi connectivity index (χ1n) is 7.22. The number of benzene rings is 1. The van der Waals surface area contributed by atoms with Gasteiger partial charge in [0.1, 0.15) is 0 Å². The van der Waals surface area contributed by atoms with Crippen molar-refractivity contribution in [1.29, 1.82) is 0 Å². The maximum Gasteiger partial charge on any atom is 0.307 e. The summed E-state index contributed by atoms with van der Waals surface area (Å²) in [4.78, 5) is 23.3. The molecule has 2 aromatic rings. The molecule has 6 heteroatoms. The second-order valence-electron chi connectivity index (χ2n) is 5.11. The highest BCUT2D eigenvalue weighted by Crippen LogP contribution is 2.14. The van der Waals surface area contributed by atoms with Crippen molar-refractivity contribution in [2.45, 2.75) is 32.4 Å². The molecule has 0 spiro atoms. The highest BCUT2D eigenvalue weighted by atomic mass is 32.1. The Kier molecular flexibility index (Phi) is 5.91. The Bertz CT molecular complexity index is 664. The zero-order chi connectivity index (χ0) is 15.9. The molecule has 0 aliphatic heterocycles. The van der Waals surface area contributed by atoms with E-state index < -0.39 is 6.10 Å². The molecule has 2 N–H and O–H groups in total. The molecule has 0 fully saturated rings. The molecule has 1 aromatic carbocycles. The summed E-state index contributed by atoms with van der Waals surface area (Å²) in [7, 11) is 0. The second kappa shape index (κ2) is 7.91. The van der Waals surface area contributed by atoms with Crippen LogP contribution in [0.15, 0.2) is 40.5 Å². The lowest BCUT2D eigenvalue weighted by Gasteiger charge is -2.11. The van der Waals surface area contributed by atoms with E-state index in [0.717, 1.165) is 22.6 Å². The Hall–Kier alpha value is -1.92. The zero-order valence-electron chi connectivity index (χ0n) is 12.5. The maximum absolute atomic E-state index is 11.8. The molecule has 1 unspecified atom stereocenters. The SMILES string of the molecule is Cc1csc(=O)n1CCC(=O)NCCC(O)c1ccccc1. The van der Waals surface area contributed by atoms with Gasteiger partial charge in [0.05, 0.1) is 6.10 Å². The number of carbonyl (C=O) groups is 1. The molecule has 5 nitrogen and oxygen atoms in total. The van der Waals surface area contributed by atoms with Gasteiger partial charge in [0.25, 0.3) is 0 Å². The molecule has 1 heterocycles. The number of hydrogen-bond donors (Lipinski definition) is 2. The molecule has 0 aliphatic carbocycles. The third-order valence-electron chi connectivity index (χ3n) is 3.46. The average molecular weight is 320 g/mol. The second-order valence-corrected chi connectivity index (χ2v) is 5.93. The van der Waals surface area contributed by atoms with E-state index in [4.69, 9.17) is 0 Å². The highest BCUT2D eigenvalue weighted by Gasteiger charge is 2.09. The summed E-state index contributed by atoms with van der Waals surface area (Å²) < 4.78 is 1.60. The summed E-state index contributed by atoms with van der Waals surface area (Å²) >= 11 is 1.14. The van der Waals surface area contributed by atoms with Crippen molar-refractivity contribution in [3.05, 3.63) is 56.6 Å². The van der Waals surface area contributed by atoms with Crippen LogP contribution >= 0.6 is 11.3 Å². The number of aliphatic hydroxyl groups excluding tert-OH is 1. The van der Waals surface area contributed by atoms with Gasteiger partial charge >= 0.3 is 4.87 Å². The summed E-state index contributed by atoms with van der Waals surface area (Å²) in [6.45, 7) is 2.65. The fourth-order valence-corrected chi connectivity index (χ4v) is 2.93. The third-order valence-corrected chi connectivity index (χ3v) is 4.34. The molecule has 1 amide bonds. The minimum absolute atomic E-state index is 0.0372. The standard InChI is InChI=1S/C16H20N2O3S/c1-12-11-22-16(21)18(12)10-8-15(20)17-9-7-14(19)13-5-3-2-4-6-13/h2-6,11,14,19H,7-10H2,1H3,(H,17,20). The largest absolute Gasteiger partial charge is 0.388 e. The monoisotopic (exact) mass is 320 g/mol. The van der Waals surface area contributed by atoms with Crippen molar-refractivity contribution in [3.63, 3.8) is 0 Å². The highest BCUT2D eigenvalue weighted by molar-refractivity contribution is 7.07. The first kappa shape index (κ1) is 16.5. The van der Waals surface area contributed by atoms with Gasteiger partial charge in [-0.15, -0.1) is 0 Å². The molecule has 1 atom stereocenters. The van der Waals surface area contributed by atoms with Crippen molar-refractivity contribution in [3.8, 4) is 0 Å². The van der Waals surface area contributed by atoms with E-state index in [0.29, 0.717) is 19.5 Å². The Morgan fingerprint density at radius 1 is 1.36 bits per heavy atom. The minimum Gasteiger partial charge on any atom is -0.388 e. The van der Waals surface area contributed by atoms with E-state index in [9.17, 15) is 14.7 Å². The van der Waals surface area contributed by atoms with Crippen LogP contribution in [0.25, 0.3) is 0 Å². The van der Waals surface area contributed by atoms with Crippen LogP contribution in [-0.4, -0.2) is 22.1 Å². The third kappa shape index (κ3) is 4.54. The maximum atomic E-state index is 11.8. The Labute approximate surface area is 133 Å². The van der Waals surface area contributed by atoms with Crippen molar-refractivity contribution in [1.82, 2.24) is 9.88 Å². The van der Waals surface area contributed by atoms with E-state index >= 15 is 0 Å². The number of rotatable bonds is 7. The first-order valence-corrected chi connectivity index (χ1v) is 8.10. The van der Waals surface area contributed by atoms with Crippen LogP contribution in [0, 0.1) is 6.92 Å². The van der Waals surface area contributed by atoms with Gasteiger partial charge in [0.15, 0.2) is 0 Å². The lowest BCUT2D eigenvalue weighted by molar-refractivity contribution is -0.121. The summed E-state index contributed by atoms with van der Waals surface area (Å²) in [5.74, 6) is -0.113. The number of aryl methyl sites for hydroxylation is 1. The van der Waals surface area contributed by atoms with Crippen molar-refractivity contribution >= 4 is 17.2 Å². The number of hydrogen-bond acceptors (Lipinski definition) is 4. The number of aliphatic hydroxyl groups is 1. The van der Waals surface area contributed by atoms with E-state index in [1.54, 1.807) is 9.95 Å². The molecule has 1 aromatic heterocycles. The summed E-state index contributed by atoms with van der Waals surface area (Å²) in [6, 6.07) is 9.36. The fourth-order valence-electron chi connectivity index (χ4n) is 2.17. The van der Waals surface area contributed by atoms with Crippen LogP contribution in [0.4, 0.5) is 0 Å². The number of carbonyl (C=O) groups excluding carboxylic acids is 1. The summed E-state index contributed by atoms with van der Waals surface area (Å²) in [5.41, 5.74) is 1.72. The number of aromatic nitrogens is 1. The van der Waals surface area contributed by atoms with Gasteiger partial charge in [0.2, 0.25) is 5.91 Å². The molecule has 0 aliphatic rings.